The molecular formula is C15H17NO2. The van der Waals surface area contributed by atoms with Gasteiger partial charge < -0.3 is 14.7 Å². The number of nitrogens with zero attached hydrogens (tertiary/aromatic N) is 1. The van der Waals surface area contributed by atoms with E-state index in [0.717, 1.165) is 22.7 Å². The first-order chi connectivity index (χ1) is 8.74. The lowest BCUT2D eigenvalue weighted by Gasteiger charge is -2.20. The molecule has 0 aromatic heterocycles. The van der Waals surface area contributed by atoms with E-state index in [1.54, 1.807) is 7.11 Å². The summed E-state index contributed by atoms with van der Waals surface area (Å²) in [6, 6.07) is 15.7. The second-order valence-corrected chi connectivity index (χ2v) is 4.09. The number of benzene rings is 2. The van der Waals surface area contributed by atoms with Gasteiger partial charge in [0.25, 0.3) is 0 Å². The van der Waals surface area contributed by atoms with Crippen molar-refractivity contribution < 1.29 is 9.84 Å². The smallest absolute Gasteiger partial charge is 0.120 e. The summed E-state index contributed by atoms with van der Waals surface area (Å²) in [6.45, 7) is 0.0726. The third-order valence-corrected chi connectivity index (χ3v) is 2.95. The van der Waals surface area contributed by atoms with Gasteiger partial charge in [0.2, 0.25) is 0 Å². The van der Waals surface area contributed by atoms with Gasteiger partial charge in [0.15, 0.2) is 0 Å². The van der Waals surface area contributed by atoms with Crippen LogP contribution in [0.2, 0.25) is 0 Å². The summed E-state index contributed by atoms with van der Waals surface area (Å²) in [7, 11) is 3.66. The van der Waals surface area contributed by atoms with E-state index in [1.807, 2.05) is 55.6 Å². The van der Waals surface area contributed by atoms with Crippen LogP contribution in [0.15, 0.2) is 48.5 Å². The van der Waals surface area contributed by atoms with Gasteiger partial charge in [-0.25, -0.2) is 0 Å². The Balaban J connectivity index is 2.25. The monoisotopic (exact) mass is 243 g/mol. The summed E-state index contributed by atoms with van der Waals surface area (Å²) in [5, 5.41) is 9.02. The lowest BCUT2D eigenvalue weighted by molar-refractivity contribution is 0.282. The average Bonchev–Trinajstić information content (AvgIpc) is 2.46. The van der Waals surface area contributed by atoms with Crippen molar-refractivity contribution in [2.24, 2.45) is 0 Å². The molecule has 2 aromatic rings. The Kier molecular flexibility index (Phi) is 3.85. The minimum Gasteiger partial charge on any atom is -0.497 e. The van der Waals surface area contributed by atoms with Crippen LogP contribution >= 0.6 is 0 Å². The van der Waals surface area contributed by atoms with Crippen molar-refractivity contribution in [3.05, 3.63) is 54.1 Å². The van der Waals surface area contributed by atoms with E-state index in [9.17, 15) is 0 Å². The van der Waals surface area contributed by atoms with Gasteiger partial charge in [0.1, 0.15) is 5.75 Å². The maximum absolute atomic E-state index is 9.02. The molecule has 0 aliphatic rings. The van der Waals surface area contributed by atoms with E-state index in [4.69, 9.17) is 9.84 Å². The number of rotatable bonds is 4. The number of hydrogen-bond donors (Lipinski definition) is 1. The quantitative estimate of drug-likeness (QED) is 0.896. The molecule has 0 aliphatic heterocycles. The van der Waals surface area contributed by atoms with Crippen LogP contribution in [0.5, 0.6) is 5.75 Å². The highest BCUT2D eigenvalue weighted by atomic mass is 16.5. The highest BCUT2D eigenvalue weighted by molar-refractivity contribution is 5.63. The van der Waals surface area contributed by atoms with Gasteiger partial charge in [0, 0.05) is 24.5 Å². The Hall–Kier alpha value is -2.00. The van der Waals surface area contributed by atoms with Gasteiger partial charge in [-0.3, -0.25) is 0 Å². The van der Waals surface area contributed by atoms with Crippen molar-refractivity contribution in [3.8, 4) is 5.75 Å². The van der Waals surface area contributed by atoms with Crippen LogP contribution in [0.25, 0.3) is 0 Å². The number of ether oxygens (including phenoxy) is 1. The zero-order valence-corrected chi connectivity index (χ0v) is 10.6. The topological polar surface area (TPSA) is 32.7 Å². The van der Waals surface area contributed by atoms with E-state index in [1.165, 1.54) is 0 Å². The van der Waals surface area contributed by atoms with Gasteiger partial charge in [-0.05, 0) is 29.8 Å². The fourth-order valence-electron chi connectivity index (χ4n) is 1.79. The highest BCUT2D eigenvalue weighted by Gasteiger charge is 2.04. The van der Waals surface area contributed by atoms with Gasteiger partial charge >= 0.3 is 0 Å². The van der Waals surface area contributed by atoms with E-state index < -0.39 is 0 Å². The van der Waals surface area contributed by atoms with Crippen molar-refractivity contribution in [2.75, 3.05) is 19.1 Å². The van der Waals surface area contributed by atoms with Crippen LogP contribution in [0.1, 0.15) is 5.56 Å². The molecule has 0 bridgehead atoms. The number of aliphatic hydroxyl groups is 1. The molecule has 0 spiro atoms. The van der Waals surface area contributed by atoms with Crippen molar-refractivity contribution in [1.29, 1.82) is 0 Å². The predicted molar refractivity (Wildman–Crippen MR) is 73.4 cm³/mol. The van der Waals surface area contributed by atoms with Gasteiger partial charge in [-0.2, -0.15) is 0 Å². The number of hydrogen-bond acceptors (Lipinski definition) is 3. The Morgan fingerprint density at radius 1 is 1.06 bits per heavy atom. The lowest BCUT2D eigenvalue weighted by atomic mass is 10.2. The maximum Gasteiger partial charge on any atom is 0.120 e. The Labute approximate surface area is 107 Å². The fourth-order valence-corrected chi connectivity index (χ4v) is 1.79. The highest BCUT2D eigenvalue weighted by Crippen LogP contribution is 2.26. The molecule has 0 saturated carbocycles. The average molecular weight is 243 g/mol. The predicted octanol–water partition coefficient (Wildman–Crippen LogP) is 2.96. The Bertz CT molecular complexity index is 508. The zero-order chi connectivity index (χ0) is 13.0. The van der Waals surface area contributed by atoms with Gasteiger partial charge in [-0.15, -0.1) is 0 Å². The summed E-state index contributed by atoms with van der Waals surface area (Å²) in [4.78, 5) is 2.07. The number of aliphatic hydroxyl groups excluding tert-OH is 1. The normalized spacial score (nSPS) is 10.2. The van der Waals surface area contributed by atoms with Gasteiger partial charge in [0.05, 0.1) is 13.7 Å². The summed E-state index contributed by atoms with van der Waals surface area (Å²) in [5.74, 6) is 0.839. The van der Waals surface area contributed by atoms with E-state index in [-0.39, 0.29) is 6.61 Å². The molecule has 94 valence electrons. The molecular weight excluding hydrogens is 226 g/mol. The largest absolute Gasteiger partial charge is 0.497 e. The summed E-state index contributed by atoms with van der Waals surface area (Å²) >= 11 is 0. The SMILES string of the molecule is COc1cccc(N(C)c2ccc(CO)cc2)c1. The first-order valence-electron chi connectivity index (χ1n) is 5.82. The summed E-state index contributed by atoms with van der Waals surface area (Å²) in [6.07, 6.45) is 0. The van der Waals surface area contributed by atoms with Crippen molar-refractivity contribution >= 4 is 11.4 Å². The third-order valence-electron chi connectivity index (χ3n) is 2.95. The number of anilines is 2. The third kappa shape index (κ3) is 2.63. The molecule has 3 nitrogen and oxygen atoms in total. The Morgan fingerprint density at radius 3 is 2.39 bits per heavy atom. The molecule has 3 heteroatoms. The second-order valence-electron chi connectivity index (χ2n) is 4.09. The second kappa shape index (κ2) is 5.56. The maximum atomic E-state index is 9.02. The van der Waals surface area contributed by atoms with E-state index >= 15 is 0 Å². The van der Waals surface area contributed by atoms with Crippen molar-refractivity contribution in [2.45, 2.75) is 6.61 Å². The molecule has 0 unspecified atom stereocenters. The summed E-state index contributed by atoms with van der Waals surface area (Å²) in [5.41, 5.74) is 3.05. The molecule has 0 heterocycles. The van der Waals surface area contributed by atoms with Crippen molar-refractivity contribution in [3.63, 3.8) is 0 Å². The molecule has 0 radical (unpaired) electrons. The van der Waals surface area contributed by atoms with Crippen LogP contribution in [0.4, 0.5) is 11.4 Å². The van der Waals surface area contributed by atoms with Crippen molar-refractivity contribution in [1.82, 2.24) is 0 Å². The van der Waals surface area contributed by atoms with Crippen LogP contribution < -0.4 is 9.64 Å². The standard InChI is InChI=1S/C15H17NO2/c1-16(13-8-6-12(11-17)7-9-13)14-4-3-5-15(10-14)18-2/h3-10,17H,11H2,1-2H3. The minimum atomic E-state index is 0.0726. The zero-order valence-electron chi connectivity index (χ0n) is 10.6. The van der Waals surface area contributed by atoms with Crippen LogP contribution in [0.3, 0.4) is 0 Å². The molecule has 2 aromatic carbocycles. The molecule has 2 rings (SSSR count). The molecule has 0 amide bonds. The van der Waals surface area contributed by atoms with Gasteiger partial charge in [-0.1, -0.05) is 18.2 Å². The first kappa shape index (κ1) is 12.5. The molecule has 0 fully saturated rings. The fraction of sp³-hybridized carbons (Fsp3) is 0.200. The van der Waals surface area contributed by atoms with Crippen LogP contribution in [0, 0.1) is 0 Å². The van der Waals surface area contributed by atoms with Crippen LogP contribution in [-0.2, 0) is 6.61 Å². The first-order valence-corrected chi connectivity index (χ1v) is 5.82. The molecule has 1 N–H and O–H groups in total. The molecule has 18 heavy (non-hydrogen) atoms. The summed E-state index contributed by atoms with van der Waals surface area (Å²) < 4.78 is 5.22. The Morgan fingerprint density at radius 2 is 1.78 bits per heavy atom. The molecule has 0 saturated heterocycles. The van der Waals surface area contributed by atoms with E-state index in [0.29, 0.717) is 0 Å². The molecule has 0 atom stereocenters. The van der Waals surface area contributed by atoms with Crippen LogP contribution in [-0.4, -0.2) is 19.3 Å². The molecule has 0 aliphatic carbocycles. The minimum absolute atomic E-state index is 0.0726. The number of methoxy groups -OCH3 is 1. The van der Waals surface area contributed by atoms with E-state index in [2.05, 4.69) is 4.90 Å². The lowest BCUT2D eigenvalue weighted by Crippen LogP contribution is -2.09.